The van der Waals surface area contributed by atoms with E-state index in [1.807, 2.05) is 42.5 Å². The van der Waals surface area contributed by atoms with Crippen molar-refractivity contribution in [2.45, 2.75) is 17.8 Å². The number of thioether (sulfide) groups is 1. The molecule has 208 valence electrons. The molecule has 1 heterocycles. The fourth-order valence-corrected chi connectivity index (χ4v) is 4.65. The molecule has 0 saturated carbocycles. The zero-order chi connectivity index (χ0) is 29.4. The second-order valence-corrected chi connectivity index (χ2v) is 9.52. The highest BCUT2D eigenvalue weighted by molar-refractivity contribution is 7.98. The van der Waals surface area contributed by atoms with E-state index in [0.717, 1.165) is 11.1 Å². The molecule has 0 aliphatic carbocycles. The number of hydrogen-bond acceptors (Lipinski definition) is 9. The third-order valence-electron chi connectivity index (χ3n) is 5.87. The van der Waals surface area contributed by atoms with E-state index in [2.05, 4.69) is 0 Å². The van der Waals surface area contributed by atoms with E-state index in [1.54, 1.807) is 50.4 Å². The van der Waals surface area contributed by atoms with Gasteiger partial charge < -0.3 is 19.7 Å². The van der Waals surface area contributed by atoms with Crippen LogP contribution in [0.3, 0.4) is 0 Å². The maximum atomic E-state index is 13.2. The predicted molar refractivity (Wildman–Crippen MR) is 155 cm³/mol. The number of carbonyl (C=O) groups is 3. The smallest absolute Gasteiger partial charge is 0.376 e. The van der Waals surface area contributed by atoms with Crippen LogP contribution in [0.1, 0.15) is 28.4 Å². The van der Waals surface area contributed by atoms with Gasteiger partial charge in [0.05, 0.1) is 25.1 Å². The first-order valence-electron chi connectivity index (χ1n) is 12.5. The van der Waals surface area contributed by atoms with E-state index in [0.29, 0.717) is 45.2 Å². The number of ketones is 1. The van der Waals surface area contributed by atoms with Gasteiger partial charge in [0.1, 0.15) is 17.1 Å². The average molecular weight is 571 g/mol. The Morgan fingerprint density at radius 3 is 2.02 bits per heavy atom. The Morgan fingerprint density at radius 1 is 0.854 bits per heavy atom. The van der Waals surface area contributed by atoms with Crippen molar-refractivity contribution >= 4 is 35.2 Å². The van der Waals surface area contributed by atoms with Crippen molar-refractivity contribution in [3.63, 3.8) is 0 Å². The number of aliphatic hydroxyl groups excluding tert-OH is 1. The molecule has 4 rings (SSSR count). The summed E-state index contributed by atoms with van der Waals surface area (Å²) in [5.41, 5.74) is 3.72. The fourth-order valence-electron chi connectivity index (χ4n) is 3.85. The van der Waals surface area contributed by atoms with Crippen LogP contribution in [0.15, 0.2) is 90.1 Å². The predicted octanol–water partition coefficient (Wildman–Crippen LogP) is 5.84. The highest BCUT2D eigenvalue weighted by Gasteiger charge is 2.24. The summed E-state index contributed by atoms with van der Waals surface area (Å²) in [6.45, 7) is 1.93. The summed E-state index contributed by atoms with van der Waals surface area (Å²) in [5, 5.41) is 19.2. The van der Waals surface area contributed by atoms with Gasteiger partial charge in [0.15, 0.2) is 5.16 Å². The van der Waals surface area contributed by atoms with Gasteiger partial charge in [-0.25, -0.2) is 19.6 Å². The Morgan fingerprint density at radius 2 is 1.46 bits per heavy atom. The Bertz CT molecular complexity index is 1590. The highest BCUT2D eigenvalue weighted by Crippen LogP contribution is 2.34. The molecule has 0 atom stereocenters. The number of carbonyl (C=O) groups excluding carboxylic acids is 2. The van der Waals surface area contributed by atoms with Crippen molar-refractivity contribution in [3.05, 3.63) is 102 Å². The van der Waals surface area contributed by atoms with Crippen LogP contribution in [0.2, 0.25) is 0 Å². The van der Waals surface area contributed by atoms with Crippen molar-refractivity contribution in [1.82, 2.24) is 9.97 Å². The first kappa shape index (κ1) is 29.0. The quantitative estimate of drug-likeness (QED) is 0.0565. The first-order chi connectivity index (χ1) is 19.8. The van der Waals surface area contributed by atoms with Crippen LogP contribution in [0.4, 0.5) is 0 Å². The molecule has 0 bridgehead atoms. The number of aliphatic hydroxyl groups is 1. The van der Waals surface area contributed by atoms with Crippen LogP contribution in [0.25, 0.3) is 28.3 Å². The van der Waals surface area contributed by atoms with Crippen LogP contribution in [-0.2, 0) is 20.1 Å². The monoisotopic (exact) mass is 570 g/mol. The molecule has 0 fully saturated rings. The van der Waals surface area contributed by atoms with E-state index < -0.39 is 23.5 Å². The number of carboxylic acid groups (broad SMARTS) is 1. The molecule has 0 amide bonds. The Balaban J connectivity index is 1.71. The molecule has 0 spiro atoms. The van der Waals surface area contributed by atoms with Crippen molar-refractivity contribution in [2.75, 3.05) is 13.7 Å². The zero-order valence-electron chi connectivity index (χ0n) is 22.2. The van der Waals surface area contributed by atoms with Gasteiger partial charge >= 0.3 is 11.9 Å². The maximum absolute atomic E-state index is 13.2. The van der Waals surface area contributed by atoms with Gasteiger partial charge in [0.2, 0.25) is 0 Å². The average Bonchev–Trinajstić information content (AvgIpc) is 3.00. The fraction of sp³-hybridized carbons (Fsp3) is 0.129. The largest absolute Gasteiger partial charge is 0.507 e. The second kappa shape index (κ2) is 13.4. The van der Waals surface area contributed by atoms with Crippen molar-refractivity contribution in [1.29, 1.82) is 0 Å². The standard InChI is InChI=1S/C31H26N2O7S/c1-3-40-30(38)26-27(21-7-5-4-6-8-21)32-31(33-28(26)22-13-15-23(39-2)16-14-22)41-18-19-9-11-20(12-10-19)24(34)17-25(35)29(36)37/h4-17,34H,3,18H2,1-2H3,(H,36,37). The van der Waals surface area contributed by atoms with Gasteiger partial charge in [-0.2, -0.15) is 0 Å². The first-order valence-corrected chi connectivity index (χ1v) is 13.5. The van der Waals surface area contributed by atoms with Crippen LogP contribution < -0.4 is 4.74 Å². The molecule has 0 aliphatic rings. The van der Waals surface area contributed by atoms with Crippen LogP contribution in [-0.4, -0.2) is 51.6 Å². The lowest BCUT2D eigenvalue weighted by Gasteiger charge is -2.15. The van der Waals surface area contributed by atoms with Crippen molar-refractivity contribution in [3.8, 4) is 28.3 Å². The number of aliphatic carboxylic acids is 1. The van der Waals surface area contributed by atoms with Gasteiger partial charge in [-0.15, -0.1) is 0 Å². The molecule has 0 radical (unpaired) electrons. The van der Waals surface area contributed by atoms with Gasteiger partial charge in [-0.05, 0) is 36.8 Å². The second-order valence-electron chi connectivity index (χ2n) is 8.58. The number of methoxy groups -OCH3 is 1. The van der Waals surface area contributed by atoms with E-state index in [1.165, 1.54) is 11.8 Å². The molecule has 4 aromatic rings. The summed E-state index contributed by atoms with van der Waals surface area (Å²) in [4.78, 5) is 44.8. The molecular formula is C31H26N2O7S. The van der Waals surface area contributed by atoms with Crippen molar-refractivity contribution in [2.24, 2.45) is 0 Å². The summed E-state index contributed by atoms with van der Waals surface area (Å²) < 4.78 is 10.7. The lowest BCUT2D eigenvalue weighted by molar-refractivity contribution is -0.146. The van der Waals surface area contributed by atoms with Crippen molar-refractivity contribution < 1.29 is 34.1 Å². The van der Waals surface area contributed by atoms with Gasteiger partial charge in [-0.3, -0.25) is 4.79 Å². The minimum Gasteiger partial charge on any atom is -0.507 e. The summed E-state index contributed by atoms with van der Waals surface area (Å²) in [5.74, 6) is -2.72. The maximum Gasteiger partial charge on any atom is 0.376 e. The van der Waals surface area contributed by atoms with Crippen LogP contribution in [0.5, 0.6) is 5.75 Å². The van der Waals surface area contributed by atoms with Gasteiger partial charge in [0.25, 0.3) is 5.78 Å². The zero-order valence-corrected chi connectivity index (χ0v) is 23.1. The number of esters is 1. The number of ether oxygens (including phenoxy) is 2. The van der Waals surface area contributed by atoms with Gasteiger partial charge in [-0.1, -0.05) is 66.4 Å². The van der Waals surface area contributed by atoms with Crippen LogP contribution in [0, 0.1) is 0 Å². The summed E-state index contributed by atoms with van der Waals surface area (Å²) in [6.07, 6.45) is 0.664. The lowest BCUT2D eigenvalue weighted by atomic mass is 10.00. The molecule has 0 unspecified atom stereocenters. The van der Waals surface area contributed by atoms with Crippen LogP contribution >= 0.6 is 11.8 Å². The number of rotatable bonds is 11. The third-order valence-corrected chi connectivity index (χ3v) is 6.79. The molecule has 3 aromatic carbocycles. The van der Waals surface area contributed by atoms with E-state index >= 15 is 0 Å². The minimum atomic E-state index is -1.65. The number of benzene rings is 3. The number of nitrogens with zero attached hydrogens (tertiary/aromatic N) is 2. The minimum absolute atomic E-state index is 0.191. The number of carboxylic acids is 1. The molecule has 2 N–H and O–H groups in total. The molecule has 1 aromatic heterocycles. The third kappa shape index (κ3) is 7.17. The Hall–Kier alpha value is -4.96. The number of hydrogen-bond donors (Lipinski definition) is 2. The molecule has 9 nitrogen and oxygen atoms in total. The Kier molecular flexibility index (Phi) is 9.49. The van der Waals surface area contributed by atoms with E-state index in [9.17, 15) is 19.5 Å². The summed E-state index contributed by atoms with van der Waals surface area (Å²) >= 11 is 1.35. The molecule has 41 heavy (non-hydrogen) atoms. The topological polar surface area (TPSA) is 136 Å². The molecular weight excluding hydrogens is 544 g/mol. The highest BCUT2D eigenvalue weighted by atomic mass is 32.2. The Labute approximate surface area is 240 Å². The van der Waals surface area contributed by atoms with E-state index in [4.69, 9.17) is 24.5 Å². The van der Waals surface area contributed by atoms with Gasteiger partial charge in [0, 0.05) is 28.5 Å². The van der Waals surface area contributed by atoms with E-state index in [-0.39, 0.29) is 12.2 Å². The summed E-state index contributed by atoms with van der Waals surface area (Å²) in [6, 6.07) is 23.2. The molecule has 0 saturated heterocycles. The SMILES string of the molecule is CCOC(=O)c1c(-c2ccccc2)nc(SCc2ccc(C(O)=CC(=O)C(=O)O)cc2)nc1-c1ccc(OC)cc1. The lowest BCUT2D eigenvalue weighted by Crippen LogP contribution is -2.12. The molecule has 0 aliphatic heterocycles. The summed E-state index contributed by atoms with van der Waals surface area (Å²) in [7, 11) is 1.58. The normalized spacial score (nSPS) is 11.1. The number of aromatic nitrogens is 2. The molecule has 10 heteroatoms.